The second kappa shape index (κ2) is 8.45. The zero-order valence-corrected chi connectivity index (χ0v) is 19.1. The first kappa shape index (κ1) is 21.4. The predicted molar refractivity (Wildman–Crippen MR) is 127 cm³/mol. The number of fused-ring (bicyclic) bond motifs is 1. The van der Waals surface area contributed by atoms with E-state index in [9.17, 15) is 18.0 Å². The molecule has 10 heteroatoms. The van der Waals surface area contributed by atoms with Gasteiger partial charge < -0.3 is 10.2 Å². The Balaban J connectivity index is 1.38. The highest BCUT2D eigenvalue weighted by molar-refractivity contribution is 7.92. The Bertz CT molecular complexity index is 1360. The van der Waals surface area contributed by atoms with Gasteiger partial charge in [-0.3, -0.25) is 14.3 Å². The van der Waals surface area contributed by atoms with Crippen LogP contribution in [0.2, 0.25) is 0 Å². The molecule has 8 nitrogen and oxygen atoms in total. The Kier molecular flexibility index (Phi) is 5.47. The average molecular weight is 481 g/mol. The van der Waals surface area contributed by atoms with Crippen molar-refractivity contribution in [1.29, 1.82) is 0 Å². The first-order valence-corrected chi connectivity index (χ1v) is 12.8. The van der Waals surface area contributed by atoms with Crippen molar-refractivity contribution in [1.82, 2.24) is 9.88 Å². The van der Waals surface area contributed by atoms with Crippen LogP contribution < -0.4 is 10.0 Å². The van der Waals surface area contributed by atoms with Crippen molar-refractivity contribution in [2.45, 2.75) is 17.7 Å². The van der Waals surface area contributed by atoms with Crippen LogP contribution in [0.25, 0.3) is 11.6 Å². The van der Waals surface area contributed by atoms with Gasteiger partial charge in [0.05, 0.1) is 10.5 Å². The first-order valence-electron chi connectivity index (χ1n) is 10.4. The number of hydrogen-bond acceptors (Lipinski definition) is 6. The monoisotopic (exact) mass is 480 g/mol. The number of amides is 2. The predicted octanol–water partition coefficient (Wildman–Crippen LogP) is 3.67. The van der Waals surface area contributed by atoms with Crippen LogP contribution in [-0.4, -0.2) is 43.2 Å². The van der Waals surface area contributed by atoms with Crippen molar-refractivity contribution in [3.05, 3.63) is 70.2 Å². The smallest absolute Gasteiger partial charge is 0.261 e. The van der Waals surface area contributed by atoms with Crippen molar-refractivity contribution in [2.75, 3.05) is 23.1 Å². The summed E-state index contributed by atoms with van der Waals surface area (Å²) in [6, 6.07) is 10.9. The second-order valence-corrected chi connectivity index (χ2v) is 10.4. The molecular formula is C23H20N4O4S2. The Morgan fingerprint density at radius 3 is 2.58 bits per heavy atom. The first-order chi connectivity index (χ1) is 15.9. The highest BCUT2D eigenvalue weighted by Crippen LogP contribution is 2.35. The van der Waals surface area contributed by atoms with E-state index in [1.54, 1.807) is 52.9 Å². The van der Waals surface area contributed by atoms with Crippen molar-refractivity contribution in [3.63, 3.8) is 0 Å². The molecule has 0 spiro atoms. The summed E-state index contributed by atoms with van der Waals surface area (Å²) < 4.78 is 28.6. The summed E-state index contributed by atoms with van der Waals surface area (Å²) in [5.74, 6) is -0.349. The van der Waals surface area contributed by atoms with Gasteiger partial charge in [-0.25, -0.2) is 13.4 Å². The van der Waals surface area contributed by atoms with Gasteiger partial charge in [0, 0.05) is 47.2 Å². The SMILES string of the molecule is O=C1Nc2ccc(S(=O)(=O)Nc3ccc(C(=O)N4CCCC4)cc3)cc2/C1=C\c1nccs1. The molecule has 0 radical (unpaired) electrons. The third kappa shape index (κ3) is 4.27. The van der Waals surface area contributed by atoms with Crippen LogP contribution in [0.1, 0.15) is 33.8 Å². The fourth-order valence-electron chi connectivity index (χ4n) is 3.90. The minimum absolute atomic E-state index is 0.0278. The van der Waals surface area contributed by atoms with Crippen LogP contribution in [0, 0.1) is 0 Å². The van der Waals surface area contributed by atoms with Crippen LogP contribution in [0.3, 0.4) is 0 Å². The van der Waals surface area contributed by atoms with Gasteiger partial charge in [0.2, 0.25) is 0 Å². The van der Waals surface area contributed by atoms with Crippen molar-refractivity contribution >= 4 is 56.2 Å². The van der Waals surface area contributed by atoms with Crippen molar-refractivity contribution in [3.8, 4) is 0 Å². The summed E-state index contributed by atoms with van der Waals surface area (Å²) in [7, 11) is -3.91. The van der Waals surface area contributed by atoms with E-state index in [-0.39, 0.29) is 16.7 Å². The second-order valence-electron chi connectivity index (χ2n) is 7.77. The average Bonchev–Trinajstić information content (AvgIpc) is 3.56. The molecule has 5 rings (SSSR count). The fraction of sp³-hybridized carbons (Fsp3) is 0.174. The molecule has 2 amide bonds. The quantitative estimate of drug-likeness (QED) is 0.542. The molecule has 0 saturated carbocycles. The number of nitrogens with one attached hydrogen (secondary N) is 2. The van der Waals surface area contributed by atoms with E-state index < -0.39 is 10.0 Å². The molecule has 2 N–H and O–H groups in total. The summed E-state index contributed by atoms with van der Waals surface area (Å²) in [4.78, 5) is 30.9. The lowest BCUT2D eigenvalue weighted by molar-refractivity contribution is -0.110. The number of sulfonamides is 1. The summed E-state index contributed by atoms with van der Waals surface area (Å²) >= 11 is 1.38. The molecule has 1 aromatic heterocycles. The molecule has 33 heavy (non-hydrogen) atoms. The number of anilines is 2. The standard InChI is InChI=1S/C23H20N4O4S2/c28-22-19(14-21-24-9-12-32-21)18-13-17(7-8-20(18)25-22)33(30,31)26-16-5-3-15(4-6-16)23(29)27-10-1-2-11-27/h3-9,12-14,26H,1-2,10-11H2,(H,25,28)/b19-14+. The van der Waals surface area contributed by atoms with Crippen LogP contribution in [0.4, 0.5) is 11.4 Å². The van der Waals surface area contributed by atoms with Gasteiger partial charge in [0.25, 0.3) is 21.8 Å². The number of likely N-dealkylation sites (tertiary alicyclic amines) is 1. The number of carbonyl (C=O) groups excluding carboxylic acids is 2. The number of benzene rings is 2. The van der Waals surface area contributed by atoms with Gasteiger partial charge in [0.1, 0.15) is 5.01 Å². The molecule has 0 bridgehead atoms. The van der Waals surface area contributed by atoms with Crippen LogP contribution in [0.5, 0.6) is 0 Å². The zero-order valence-electron chi connectivity index (χ0n) is 17.4. The molecule has 1 saturated heterocycles. The largest absolute Gasteiger partial charge is 0.339 e. The maximum atomic E-state index is 13.0. The Labute approximate surface area is 195 Å². The van der Waals surface area contributed by atoms with E-state index in [0.717, 1.165) is 25.9 Å². The molecule has 3 heterocycles. The van der Waals surface area contributed by atoms with Crippen LogP contribution in [-0.2, 0) is 14.8 Å². The molecular weight excluding hydrogens is 460 g/mol. The molecule has 1 fully saturated rings. The van der Waals surface area contributed by atoms with Gasteiger partial charge >= 0.3 is 0 Å². The van der Waals surface area contributed by atoms with Crippen LogP contribution in [0.15, 0.2) is 58.9 Å². The van der Waals surface area contributed by atoms with Crippen molar-refractivity contribution < 1.29 is 18.0 Å². The lowest BCUT2D eigenvalue weighted by Crippen LogP contribution is -2.27. The molecule has 0 aliphatic carbocycles. The maximum Gasteiger partial charge on any atom is 0.261 e. The third-order valence-corrected chi connectivity index (χ3v) is 7.68. The third-order valence-electron chi connectivity index (χ3n) is 5.58. The molecule has 0 atom stereocenters. The lowest BCUT2D eigenvalue weighted by Gasteiger charge is -2.15. The summed E-state index contributed by atoms with van der Waals surface area (Å²) in [5.41, 5.74) is 2.29. The Hall–Kier alpha value is -3.50. The number of rotatable bonds is 5. The van der Waals surface area contributed by atoms with E-state index >= 15 is 0 Å². The van der Waals surface area contributed by atoms with Crippen molar-refractivity contribution in [2.24, 2.45) is 0 Å². The normalized spacial score (nSPS) is 16.7. The van der Waals surface area contributed by atoms with E-state index in [4.69, 9.17) is 0 Å². The molecule has 3 aromatic rings. The Morgan fingerprint density at radius 2 is 1.88 bits per heavy atom. The molecule has 0 unspecified atom stereocenters. The maximum absolute atomic E-state index is 13.0. The number of aromatic nitrogens is 1. The van der Waals surface area contributed by atoms with Gasteiger partial charge in [-0.05, 0) is 61.4 Å². The number of thiazole rings is 1. The summed E-state index contributed by atoms with van der Waals surface area (Å²) in [6.07, 6.45) is 5.30. The number of carbonyl (C=O) groups is 2. The zero-order chi connectivity index (χ0) is 23.0. The van der Waals surface area contributed by atoms with Gasteiger partial charge in [-0.15, -0.1) is 11.3 Å². The highest BCUT2D eigenvalue weighted by Gasteiger charge is 2.27. The summed E-state index contributed by atoms with van der Waals surface area (Å²) in [6.45, 7) is 1.50. The minimum Gasteiger partial charge on any atom is -0.339 e. The van der Waals surface area contributed by atoms with E-state index in [1.165, 1.54) is 23.5 Å². The summed E-state index contributed by atoms with van der Waals surface area (Å²) in [5, 5.41) is 5.20. The van der Waals surface area contributed by atoms with Gasteiger partial charge in [0.15, 0.2) is 0 Å². The lowest BCUT2D eigenvalue weighted by atomic mass is 10.1. The topological polar surface area (TPSA) is 108 Å². The number of hydrogen-bond donors (Lipinski definition) is 2. The Morgan fingerprint density at radius 1 is 1.12 bits per heavy atom. The molecule has 2 aliphatic heterocycles. The molecule has 2 aliphatic rings. The molecule has 2 aromatic carbocycles. The number of nitrogens with zero attached hydrogens (tertiary/aromatic N) is 2. The highest BCUT2D eigenvalue weighted by atomic mass is 32.2. The van der Waals surface area contributed by atoms with E-state index in [0.29, 0.717) is 33.1 Å². The fourth-order valence-corrected chi connectivity index (χ4v) is 5.56. The van der Waals surface area contributed by atoms with Gasteiger partial charge in [-0.1, -0.05) is 0 Å². The van der Waals surface area contributed by atoms with E-state index in [1.807, 2.05) is 0 Å². The van der Waals surface area contributed by atoms with E-state index in [2.05, 4.69) is 15.0 Å². The van der Waals surface area contributed by atoms with Gasteiger partial charge in [-0.2, -0.15) is 0 Å². The van der Waals surface area contributed by atoms with Crippen LogP contribution >= 0.6 is 11.3 Å². The molecule has 168 valence electrons. The minimum atomic E-state index is -3.91.